The Morgan fingerprint density at radius 3 is 2.75 bits per heavy atom. The molecule has 7 heteroatoms. The highest BCUT2D eigenvalue weighted by molar-refractivity contribution is 8.01. The van der Waals surface area contributed by atoms with Gasteiger partial charge < -0.3 is 5.73 Å². The van der Waals surface area contributed by atoms with Crippen LogP contribution in [-0.4, -0.2) is 25.5 Å². The third-order valence-corrected chi connectivity index (χ3v) is 6.52. The van der Waals surface area contributed by atoms with Crippen molar-refractivity contribution in [1.82, 2.24) is 4.72 Å². The van der Waals surface area contributed by atoms with Crippen LogP contribution in [0.15, 0.2) is 17.0 Å². The summed E-state index contributed by atoms with van der Waals surface area (Å²) in [5.41, 5.74) is 6.04. The zero-order valence-electron chi connectivity index (χ0n) is 11.6. The molecule has 3 N–H and O–H groups in total. The number of halogens is 1. The normalized spacial score (nSPS) is 23.1. The highest BCUT2D eigenvalue weighted by Gasteiger charge is 2.31. The molecule has 1 aromatic rings. The van der Waals surface area contributed by atoms with Crippen LogP contribution in [0.5, 0.6) is 0 Å². The van der Waals surface area contributed by atoms with Gasteiger partial charge in [-0.15, -0.1) is 0 Å². The molecule has 0 amide bonds. The summed E-state index contributed by atoms with van der Waals surface area (Å²) in [5, 5.41) is 0. The first-order chi connectivity index (χ1) is 9.23. The molecule has 1 saturated heterocycles. The van der Waals surface area contributed by atoms with Gasteiger partial charge in [0, 0.05) is 22.5 Å². The summed E-state index contributed by atoms with van der Waals surface area (Å²) in [7, 11) is -3.73. The van der Waals surface area contributed by atoms with Crippen molar-refractivity contribution in [1.29, 1.82) is 0 Å². The van der Waals surface area contributed by atoms with E-state index < -0.39 is 15.8 Å². The van der Waals surface area contributed by atoms with Gasteiger partial charge >= 0.3 is 0 Å². The molecule has 0 radical (unpaired) electrons. The lowest BCUT2D eigenvalue weighted by Gasteiger charge is -2.22. The summed E-state index contributed by atoms with van der Waals surface area (Å²) in [5.74, 6) is 0.441. The lowest BCUT2D eigenvalue weighted by Crippen LogP contribution is -2.36. The van der Waals surface area contributed by atoms with Gasteiger partial charge in [0.25, 0.3) is 0 Å². The summed E-state index contributed by atoms with van der Waals surface area (Å²) in [6.07, 6.45) is 2.07. The monoisotopic (exact) mass is 318 g/mol. The summed E-state index contributed by atoms with van der Waals surface area (Å²) >= 11 is 1.76. The van der Waals surface area contributed by atoms with Crippen molar-refractivity contribution in [2.24, 2.45) is 0 Å². The predicted octanol–water partition coefficient (Wildman–Crippen LogP) is 2.28. The minimum atomic E-state index is -3.73. The van der Waals surface area contributed by atoms with E-state index in [9.17, 15) is 12.8 Å². The van der Waals surface area contributed by atoms with Gasteiger partial charge in [-0.2, -0.15) is 11.8 Å². The van der Waals surface area contributed by atoms with Crippen LogP contribution in [-0.2, 0) is 10.0 Å². The zero-order valence-corrected chi connectivity index (χ0v) is 13.2. The standard InChI is InChI=1S/C13H19FN2O2S2/c1-9-11(14)6-10(7-12(9)15)20(17,18)16-8-13(2)4-3-5-19-13/h6-7,16H,3-5,8,15H2,1-2H3. The molecule has 1 aliphatic heterocycles. The summed E-state index contributed by atoms with van der Waals surface area (Å²) < 4.78 is 40.5. The number of nitrogens with one attached hydrogen (secondary N) is 1. The molecule has 1 unspecified atom stereocenters. The fourth-order valence-corrected chi connectivity index (χ4v) is 4.69. The van der Waals surface area contributed by atoms with Crippen molar-refractivity contribution in [2.45, 2.75) is 36.3 Å². The molecule has 0 saturated carbocycles. The fourth-order valence-electron chi connectivity index (χ4n) is 2.14. The van der Waals surface area contributed by atoms with Crippen LogP contribution < -0.4 is 10.5 Å². The topological polar surface area (TPSA) is 72.2 Å². The van der Waals surface area contributed by atoms with E-state index in [1.54, 1.807) is 11.8 Å². The van der Waals surface area contributed by atoms with Gasteiger partial charge in [-0.3, -0.25) is 0 Å². The second-order valence-electron chi connectivity index (χ2n) is 5.35. The van der Waals surface area contributed by atoms with E-state index >= 15 is 0 Å². The summed E-state index contributed by atoms with van der Waals surface area (Å²) in [4.78, 5) is -0.121. The lowest BCUT2D eigenvalue weighted by molar-refractivity contribution is 0.550. The summed E-state index contributed by atoms with van der Waals surface area (Å²) in [6.45, 7) is 3.90. The Labute approximate surface area is 123 Å². The van der Waals surface area contributed by atoms with E-state index in [-0.39, 0.29) is 20.9 Å². The van der Waals surface area contributed by atoms with Crippen LogP contribution in [0.4, 0.5) is 10.1 Å². The van der Waals surface area contributed by atoms with Crippen LogP contribution in [0.25, 0.3) is 0 Å². The van der Waals surface area contributed by atoms with Crippen LogP contribution >= 0.6 is 11.8 Å². The first-order valence-electron chi connectivity index (χ1n) is 6.43. The van der Waals surface area contributed by atoms with Crippen LogP contribution in [0.2, 0.25) is 0 Å². The molecule has 1 atom stereocenters. The Bertz CT molecular complexity index is 588. The molecule has 1 heterocycles. The number of benzene rings is 1. The molecule has 1 aliphatic rings. The number of rotatable bonds is 4. The Morgan fingerprint density at radius 2 is 2.20 bits per heavy atom. The Hall–Kier alpha value is -0.790. The van der Waals surface area contributed by atoms with Crippen molar-refractivity contribution in [3.05, 3.63) is 23.5 Å². The fraction of sp³-hybridized carbons (Fsp3) is 0.538. The number of thioether (sulfide) groups is 1. The van der Waals surface area contributed by atoms with Crippen molar-refractivity contribution in [3.8, 4) is 0 Å². The van der Waals surface area contributed by atoms with Crippen LogP contribution in [0, 0.1) is 12.7 Å². The minimum absolute atomic E-state index is 0.0815. The van der Waals surface area contributed by atoms with Gasteiger partial charge in [0.2, 0.25) is 10.0 Å². The van der Waals surface area contributed by atoms with Gasteiger partial charge in [-0.05, 0) is 44.6 Å². The molecule has 20 heavy (non-hydrogen) atoms. The second kappa shape index (κ2) is 5.54. The molecule has 1 fully saturated rings. The average Bonchev–Trinajstić information content (AvgIpc) is 2.81. The van der Waals surface area contributed by atoms with E-state index in [4.69, 9.17) is 5.73 Å². The lowest BCUT2D eigenvalue weighted by atomic mass is 10.1. The Kier molecular flexibility index (Phi) is 4.32. The maximum Gasteiger partial charge on any atom is 0.240 e. The van der Waals surface area contributed by atoms with E-state index in [1.165, 1.54) is 13.0 Å². The van der Waals surface area contributed by atoms with E-state index in [0.717, 1.165) is 24.7 Å². The summed E-state index contributed by atoms with van der Waals surface area (Å²) in [6, 6.07) is 2.31. The van der Waals surface area contributed by atoms with Crippen molar-refractivity contribution in [2.75, 3.05) is 18.0 Å². The highest BCUT2D eigenvalue weighted by Crippen LogP contribution is 2.37. The van der Waals surface area contributed by atoms with Gasteiger partial charge in [0.15, 0.2) is 0 Å². The largest absolute Gasteiger partial charge is 0.398 e. The number of nitrogens with two attached hydrogens (primary N) is 1. The predicted molar refractivity (Wildman–Crippen MR) is 80.8 cm³/mol. The Balaban J connectivity index is 2.18. The third kappa shape index (κ3) is 3.27. The smallest absolute Gasteiger partial charge is 0.240 e. The first-order valence-corrected chi connectivity index (χ1v) is 8.90. The minimum Gasteiger partial charge on any atom is -0.398 e. The molecule has 0 aliphatic carbocycles. The zero-order chi connectivity index (χ0) is 15.0. The average molecular weight is 318 g/mol. The quantitative estimate of drug-likeness (QED) is 0.836. The molecular formula is C13H19FN2O2S2. The number of hydrogen-bond acceptors (Lipinski definition) is 4. The second-order valence-corrected chi connectivity index (χ2v) is 8.80. The van der Waals surface area contributed by atoms with Gasteiger partial charge in [-0.25, -0.2) is 17.5 Å². The third-order valence-electron chi connectivity index (χ3n) is 3.60. The molecule has 4 nitrogen and oxygen atoms in total. The van der Waals surface area contributed by atoms with E-state index in [2.05, 4.69) is 4.72 Å². The molecule has 2 rings (SSSR count). The Morgan fingerprint density at radius 1 is 1.50 bits per heavy atom. The molecule has 0 bridgehead atoms. The maximum absolute atomic E-state index is 13.6. The first kappa shape index (κ1) is 15.6. The SMILES string of the molecule is Cc1c(N)cc(S(=O)(=O)NCC2(C)CCCS2)cc1F. The van der Waals surface area contributed by atoms with Gasteiger partial charge in [0.1, 0.15) is 5.82 Å². The number of sulfonamides is 1. The molecule has 0 aromatic heterocycles. The van der Waals surface area contributed by atoms with Crippen LogP contribution in [0.1, 0.15) is 25.3 Å². The molecule has 0 spiro atoms. The number of anilines is 1. The number of nitrogen functional groups attached to an aromatic ring is 1. The molecular weight excluding hydrogens is 299 g/mol. The highest BCUT2D eigenvalue weighted by atomic mass is 32.2. The maximum atomic E-state index is 13.6. The van der Waals surface area contributed by atoms with Crippen LogP contribution in [0.3, 0.4) is 0 Å². The van der Waals surface area contributed by atoms with Gasteiger partial charge in [0.05, 0.1) is 4.90 Å². The van der Waals surface area contributed by atoms with Crippen molar-refractivity contribution >= 4 is 27.5 Å². The van der Waals surface area contributed by atoms with E-state index in [1.807, 2.05) is 6.92 Å². The van der Waals surface area contributed by atoms with Crippen molar-refractivity contribution in [3.63, 3.8) is 0 Å². The van der Waals surface area contributed by atoms with Crippen molar-refractivity contribution < 1.29 is 12.8 Å². The van der Waals surface area contributed by atoms with E-state index in [0.29, 0.717) is 6.54 Å². The molecule has 1 aromatic carbocycles. The molecule has 112 valence electrons. The van der Waals surface area contributed by atoms with Gasteiger partial charge in [-0.1, -0.05) is 0 Å². The number of hydrogen-bond donors (Lipinski definition) is 2.